The molecular weight excluding hydrogens is 252 g/mol. The summed E-state index contributed by atoms with van der Waals surface area (Å²) in [7, 11) is 0. The Hall–Kier alpha value is -1.92. The van der Waals surface area contributed by atoms with Crippen molar-refractivity contribution in [3.05, 3.63) is 59.7 Å². The quantitative estimate of drug-likeness (QED) is 0.821. The summed E-state index contributed by atoms with van der Waals surface area (Å²) in [6.07, 6.45) is 2.39. The lowest BCUT2D eigenvalue weighted by Gasteiger charge is -2.32. The molecule has 0 aliphatic rings. The second-order valence-electron chi connectivity index (χ2n) is 4.29. The molecule has 2 heterocycles. The highest BCUT2D eigenvalue weighted by Crippen LogP contribution is 2.31. The fraction of sp³-hybridized carbons (Fsp3) is 0.231. The van der Waals surface area contributed by atoms with Gasteiger partial charge < -0.3 is 10.8 Å². The van der Waals surface area contributed by atoms with E-state index in [1.54, 1.807) is 6.92 Å². The van der Waals surface area contributed by atoms with E-state index in [0.717, 1.165) is 12.1 Å². The zero-order valence-corrected chi connectivity index (χ0v) is 10.2. The second kappa shape index (κ2) is 4.99. The van der Waals surface area contributed by atoms with Crippen molar-refractivity contribution in [3.8, 4) is 0 Å². The molecule has 19 heavy (non-hydrogen) atoms. The van der Waals surface area contributed by atoms with E-state index >= 15 is 0 Å². The Labute approximate surface area is 108 Å². The summed E-state index contributed by atoms with van der Waals surface area (Å²) in [5, 5.41) is 10.8. The number of hydrogen-bond donors (Lipinski definition) is 2. The van der Waals surface area contributed by atoms with E-state index in [0.29, 0.717) is 11.1 Å². The van der Waals surface area contributed by atoms with Gasteiger partial charge in [0, 0.05) is 29.6 Å². The fourth-order valence-corrected chi connectivity index (χ4v) is 1.90. The third-order valence-electron chi connectivity index (χ3n) is 2.99. The molecule has 2 aromatic rings. The molecule has 0 bridgehead atoms. The Morgan fingerprint density at radius 1 is 1.05 bits per heavy atom. The van der Waals surface area contributed by atoms with E-state index in [2.05, 4.69) is 9.97 Å². The fourth-order valence-electron chi connectivity index (χ4n) is 1.90. The summed E-state index contributed by atoms with van der Waals surface area (Å²) >= 11 is 0. The van der Waals surface area contributed by atoms with Crippen LogP contribution in [0.2, 0.25) is 0 Å². The number of aromatic nitrogens is 2. The van der Waals surface area contributed by atoms with Crippen molar-refractivity contribution >= 4 is 0 Å². The third-order valence-corrected chi connectivity index (χ3v) is 2.99. The van der Waals surface area contributed by atoms with Gasteiger partial charge in [0.05, 0.1) is 0 Å². The molecule has 0 fully saturated rings. The van der Waals surface area contributed by atoms with Crippen LogP contribution in [-0.2, 0) is 5.60 Å². The first-order chi connectivity index (χ1) is 8.94. The third kappa shape index (κ3) is 2.45. The molecule has 0 saturated heterocycles. The predicted molar refractivity (Wildman–Crippen MR) is 65.0 cm³/mol. The van der Waals surface area contributed by atoms with Crippen molar-refractivity contribution in [1.82, 2.24) is 9.97 Å². The summed E-state index contributed by atoms with van der Waals surface area (Å²) in [6, 6.07) is 4.30. The Bertz CT molecular complexity index is 510. The van der Waals surface area contributed by atoms with Crippen LogP contribution in [0.1, 0.15) is 18.1 Å². The minimum atomic E-state index is -1.61. The van der Waals surface area contributed by atoms with Crippen molar-refractivity contribution < 1.29 is 13.9 Å². The van der Waals surface area contributed by atoms with Crippen LogP contribution in [-0.4, -0.2) is 21.1 Å². The molecule has 4 nitrogen and oxygen atoms in total. The minimum absolute atomic E-state index is 0.317. The molecule has 0 spiro atoms. The monoisotopic (exact) mass is 265 g/mol. The molecule has 0 radical (unpaired) electrons. The van der Waals surface area contributed by atoms with Gasteiger partial charge >= 0.3 is 0 Å². The molecule has 6 heteroatoms. The first-order valence-electron chi connectivity index (χ1n) is 5.66. The largest absolute Gasteiger partial charge is 0.379 e. The van der Waals surface area contributed by atoms with Gasteiger partial charge in [0.15, 0.2) is 0 Å². The molecule has 1 atom stereocenters. The number of pyridine rings is 2. The van der Waals surface area contributed by atoms with E-state index in [1.165, 1.54) is 24.5 Å². The SMILES string of the molecule is C[C@H](N)C(O)(c1ccc(F)nc1)c1ccc(F)nc1. The molecule has 0 saturated carbocycles. The van der Waals surface area contributed by atoms with Crippen molar-refractivity contribution in [2.45, 2.75) is 18.6 Å². The van der Waals surface area contributed by atoms with Crippen molar-refractivity contribution in [3.63, 3.8) is 0 Å². The van der Waals surface area contributed by atoms with Gasteiger partial charge in [0.25, 0.3) is 0 Å². The summed E-state index contributed by atoms with van der Waals surface area (Å²) in [5.74, 6) is -1.32. The number of rotatable bonds is 3. The number of nitrogens with zero attached hydrogens (tertiary/aromatic N) is 2. The second-order valence-corrected chi connectivity index (χ2v) is 4.29. The summed E-state index contributed by atoms with van der Waals surface area (Å²) < 4.78 is 25.7. The molecule has 0 aliphatic heterocycles. The van der Waals surface area contributed by atoms with Crippen LogP contribution in [0.4, 0.5) is 8.78 Å². The average molecular weight is 265 g/mol. The highest BCUT2D eigenvalue weighted by Gasteiger charge is 2.36. The van der Waals surface area contributed by atoms with Crippen LogP contribution in [0.5, 0.6) is 0 Å². The Balaban J connectivity index is 2.54. The van der Waals surface area contributed by atoms with E-state index in [9.17, 15) is 13.9 Å². The van der Waals surface area contributed by atoms with Gasteiger partial charge in [-0.1, -0.05) is 0 Å². The van der Waals surface area contributed by atoms with E-state index in [4.69, 9.17) is 5.73 Å². The first-order valence-corrected chi connectivity index (χ1v) is 5.66. The highest BCUT2D eigenvalue weighted by molar-refractivity contribution is 5.35. The van der Waals surface area contributed by atoms with Gasteiger partial charge in [0.2, 0.25) is 11.9 Å². The van der Waals surface area contributed by atoms with Crippen LogP contribution < -0.4 is 5.73 Å². The zero-order valence-electron chi connectivity index (χ0n) is 10.2. The van der Waals surface area contributed by atoms with E-state index in [1.807, 2.05) is 0 Å². The maximum absolute atomic E-state index is 12.8. The zero-order chi connectivity index (χ0) is 14.0. The predicted octanol–water partition coefficient (Wildman–Crippen LogP) is 1.34. The number of hydrogen-bond acceptors (Lipinski definition) is 4. The van der Waals surface area contributed by atoms with Crippen molar-refractivity contribution in [1.29, 1.82) is 0 Å². The van der Waals surface area contributed by atoms with Gasteiger partial charge in [-0.05, 0) is 31.2 Å². The van der Waals surface area contributed by atoms with Gasteiger partial charge in [-0.25, -0.2) is 9.97 Å². The Morgan fingerprint density at radius 2 is 1.47 bits per heavy atom. The van der Waals surface area contributed by atoms with Crippen LogP contribution >= 0.6 is 0 Å². The average Bonchev–Trinajstić information content (AvgIpc) is 2.39. The van der Waals surface area contributed by atoms with E-state index < -0.39 is 23.5 Å². The number of halogens is 2. The molecule has 3 N–H and O–H groups in total. The maximum atomic E-state index is 12.8. The number of nitrogens with two attached hydrogens (primary N) is 1. The van der Waals surface area contributed by atoms with Gasteiger partial charge in [-0.3, -0.25) is 0 Å². The summed E-state index contributed by atoms with van der Waals surface area (Å²) in [6.45, 7) is 1.59. The smallest absolute Gasteiger partial charge is 0.212 e. The summed E-state index contributed by atoms with van der Waals surface area (Å²) in [4.78, 5) is 6.99. The molecule has 100 valence electrons. The molecule has 2 aromatic heterocycles. The van der Waals surface area contributed by atoms with Crippen molar-refractivity contribution in [2.24, 2.45) is 5.73 Å². The molecule has 0 aromatic carbocycles. The van der Waals surface area contributed by atoms with Gasteiger partial charge in [0.1, 0.15) is 5.60 Å². The first kappa shape index (κ1) is 13.5. The van der Waals surface area contributed by atoms with E-state index in [-0.39, 0.29) is 0 Å². The normalized spacial score (nSPS) is 13.3. The maximum Gasteiger partial charge on any atom is 0.212 e. The summed E-state index contributed by atoms with van der Waals surface area (Å²) in [5.41, 5.74) is 4.84. The number of aliphatic hydroxyl groups is 1. The Kier molecular flexibility index (Phi) is 3.55. The standard InChI is InChI=1S/C13H13F2N3O/c1-8(16)13(19,9-2-4-11(14)17-6-9)10-3-5-12(15)18-7-10/h2-8,19H,16H2,1H3/t8-/m0/s1. The van der Waals surface area contributed by atoms with Crippen LogP contribution in [0.3, 0.4) is 0 Å². The molecule has 2 rings (SSSR count). The lowest BCUT2D eigenvalue weighted by Crippen LogP contribution is -2.44. The molecule has 0 unspecified atom stereocenters. The lowest BCUT2D eigenvalue weighted by atomic mass is 9.83. The van der Waals surface area contributed by atoms with Gasteiger partial charge in [-0.15, -0.1) is 0 Å². The van der Waals surface area contributed by atoms with Crippen LogP contribution in [0.25, 0.3) is 0 Å². The molecular formula is C13H13F2N3O. The van der Waals surface area contributed by atoms with Crippen molar-refractivity contribution in [2.75, 3.05) is 0 Å². The lowest BCUT2D eigenvalue weighted by molar-refractivity contribution is 0.0569. The van der Waals surface area contributed by atoms with Crippen LogP contribution in [0, 0.1) is 11.9 Å². The molecule has 0 amide bonds. The minimum Gasteiger partial charge on any atom is -0.379 e. The van der Waals surface area contributed by atoms with Gasteiger partial charge in [-0.2, -0.15) is 8.78 Å². The molecule has 0 aliphatic carbocycles. The topological polar surface area (TPSA) is 72.0 Å². The Morgan fingerprint density at radius 3 is 1.74 bits per heavy atom. The van der Waals surface area contributed by atoms with Crippen LogP contribution in [0.15, 0.2) is 36.7 Å². The highest BCUT2D eigenvalue weighted by atomic mass is 19.1.